The fraction of sp³-hybridized carbons (Fsp3) is 0.364. The molecule has 13 heavy (non-hydrogen) atoms. The molecule has 0 aliphatic heterocycles. The van der Waals surface area contributed by atoms with Gasteiger partial charge in [0.1, 0.15) is 0 Å². The van der Waals surface area contributed by atoms with E-state index in [0.717, 1.165) is 5.57 Å². The normalized spacial score (nSPS) is 8.77. The molecule has 2 nitrogen and oxygen atoms in total. The molecule has 0 N–H and O–H groups in total. The molecule has 0 saturated carbocycles. The fourth-order valence-electron chi connectivity index (χ4n) is 0.904. The Morgan fingerprint density at radius 2 is 1.69 bits per heavy atom. The van der Waals surface area contributed by atoms with E-state index in [1.54, 1.807) is 23.1 Å². The van der Waals surface area contributed by atoms with Crippen molar-refractivity contribution >= 4 is 5.91 Å². The minimum absolute atomic E-state index is 0.0137. The lowest BCUT2D eigenvalue weighted by Crippen LogP contribution is -2.29. The van der Waals surface area contributed by atoms with Crippen LogP contribution in [0.5, 0.6) is 0 Å². The summed E-state index contributed by atoms with van der Waals surface area (Å²) in [5, 5.41) is 0. The SMILES string of the molecule is C=CCN(CC=C)C(=O)C=C(C)C. The van der Waals surface area contributed by atoms with Gasteiger partial charge in [-0.15, -0.1) is 13.2 Å². The first-order valence-corrected chi connectivity index (χ1v) is 4.27. The van der Waals surface area contributed by atoms with E-state index in [1.807, 2.05) is 13.8 Å². The van der Waals surface area contributed by atoms with E-state index in [2.05, 4.69) is 13.2 Å². The Morgan fingerprint density at radius 1 is 1.23 bits per heavy atom. The molecule has 0 aliphatic rings. The van der Waals surface area contributed by atoms with Gasteiger partial charge in [-0.25, -0.2) is 0 Å². The van der Waals surface area contributed by atoms with E-state index >= 15 is 0 Å². The van der Waals surface area contributed by atoms with Crippen LogP contribution in [0.15, 0.2) is 37.0 Å². The maximum Gasteiger partial charge on any atom is 0.247 e. The van der Waals surface area contributed by atoms with Crippen molar-refractivity contribution in [3.8, 4) is 0 Å². The largest absolute Gasteiger partial charge is 0.332 e. The van der Waals surface area contributed by atoms with Crippen LogP contribution in [0.1, 0.15) is 13.8 Å². The van der Waals surface area contributed by atoms with Crippen LogP contribution in [0, 0.1) is 0 Å². The first-order valence-electron chi connectivity index (χ1n) is 4.27. The molecule has 0 aromatic carbocycles. The lowest BCUT2D eigenvalue weighted by atomic mass is 10.3. The molecule has 0 atom stereocenters. The standard InChI is InChI=1S/C11H17NO/c1-5-7-12(8-6-2)11(13)9-10(3)4/h5-6,9H,1-2,7-8H2,3-4H3. The highest BCUT2D eigenvalue weighted by molar-refractivity contribution is 5.88. The molecular formula is C11H17NO. The monoisotopic (exact) mass is 179 g/mol. The third-order valence-electron chi connectivity index (χ3n) is 1.42. The Labute approximate surface area is 80.2 Å². The van der Waals surface area contributed by atoms with E-state index in [4.69, 9.17) is 0 Å². The Hall–Kier alpha value is -1.31. The van der Waals surface area contributed by atoms with Crippen molar-refractivity contribution in [1.29, 1.82) is 0 Å². The Kier molecular flexibility index (Phi) is 5.60. The average molecular weight is 179 g/mol. The summed E-state index contributed by atoms with van der Waals surface area (Å²) in [5.41, 5.74) is 1.00. The Bertz CT molecular complexity index is 214. The third kappa shape index (κ3) is 5.01. The van der Waals surface area contributed by atoms with Crippen LogP contribution >= 0.6 is 0 Å². The summed E-state index contributed by atoms with van der Waals surface area (Å²) in [4.78, 5) is 13.2. The van der Waals surface area contributed by atoms with Gasteiger partial charge in [0.25, 0.3) is 0 Å². The molecule has 2 heteroatoms. The molecule has 0 heterocycles. The highest BCUT2D eigenvalue weighted by atomic mass is 16.2. The van der Waals surface area contributed by atoms with Crippen LogP contribution in [0.4, 0.5) is 0 Å². The zero-order valence-corrected chi connectivity index (χ0v) is 8.42. The van der Waals surface area contributed by atoms with Gasteiger partial charge in [0.2, 0.25) is 5.91 Å². The van der Waals surface area contributed by atoms with Crippen molar-refractivity contribution in [1.82, 2.24) is 4.90 Å². The molecule has 0 unspecified atom stereocenters. The van der Waals surface area contributed by atoms with Crippen molar-refractivity contribution in [2.75, 3.05) is 13.1 Å². The Morgan fingerprint density at radius 3 is 2.00 bits per heavy atom. The topological polar surface area (TPSA) is 20.3 Å². The molecule has 1 amide bonds. The molecule has 72 valence electrons. The summed E-state index contributed by atoms with van der Waals surface area (Å²) < 4.78 is 0. The van der Waals surface area contributed by atoms with E-state index in [-0.39, 0.29) is 5.91 Å². The minimum atomic E-state index is 0.0137. The number of nitrogens with zero attached hydrogens (tertiary/aromatic N) is 1. The molecule has 0 radical (unpaired) electrons. The molecule has 0 aromatic heterocycles. The van der Waals surface area contributed by atoms with Gasteiger partial charge in [0, 0.05) is 19.2 Å². The maximum atomic E-state index is 11.5. The van der Waals surface area contributed by atoms with E-state index < -0.39 is 0 Å². The number of carbonyl (C=O) groups is 1. The third-order valence-corrected chi connectivity index (χ3v) is 1.42. The molecule has 0 aliphatic carbocycles. The highest BCUT2D eigenvalue weighted by Crippen LogP contribution is 1.96. The van der Waals surface area contributed by atoms with Gasteiger partial charge in [-0.05, 0) is 13.8 Å². The minimum Gasteiger partial charge on any atom is -0.332 e. The van der Waals surface area contributed by atoms with Crippen LogP contribution in [0.25, 0.3) is 0 Å². The van der Waals surface area contributed by atoms with Crippen LogP contribution in [-0.4, -0.2) is 23.9 Å². The first-order chi connectivity index (χ1) is 6.11. The Balaban J connectivity index is 4.35. The van der Waals surface area contributed by atoms with Gasteiger partial charge in [0.15, 0.2) is 0 Å². The van der Waals surface area contributed by atoms with Crippen molar-refractivity contribution in [3.63, 3.8) is 0 Å². The van der Waals surface area contributed by atoms with Crippen molar-refractivity contribution in [2.24, 2.45) is 0 Å². The van der Waals surface area contributed by atoms with Crippen molar-refractivity contribution < 1.29 is 4.79 Å². The second kappa shape index (κ2) is 6.23. The smallest absolute Gasteiger partial charge is 0.247 e. The van der Waals surface area contributed by atoms with Gasteiger partial charge < -0.3 is 4.90 Å². The van der Waals surface area contributed by atoms with E-state index in [9.17, 15) is 4.79 Å². The maximum absolute atomic E-state index is 11.5. The van der Waals surface area contributed by atoms with Crippen LogP contribution in [-0.2, 0) is 4.79 Å². The number of allylic oxidation sites excluding steroid dienone is 1. The average Bonchev–Trinajstić information content (AvgIpc) is 2.02. The van der Waals surface area contributed by atoms with Crippen molar-refractivity contribution in [2.45, 2.75) is 13.8 Å². The molecule has 0 bridgehead atoms. The zero-order chi connectivity index (χ0) is 10.3. The summed E-state index contributed by atoms with van der Waals surface area (Å²) in [6.07, 6.45) is 5.04. The number of carbonyl (C=O) groups excluding carboxylic acids is 1. The van der Waals surface area contributed by atoms with Gasteiger partial charge in [-0.1, -0.05) is 17.7 Å². The zero-order valence-electron chi connectivity index (χ0n) is 8.42. The van der Waals surface area contributed by atoms with Gasteiger partial charge in [-0.3, -0.25) is 4.79 Å². The second-order valence-corrected chi connectivity index (χ2v) is 3.04. The highest BCUT2D eigenvalue weighted by Gasteiger charge is 2.06. The number of rotatable bonds is 5. The van der Waals surface area contributed by atoms with Crippen LogP contribution in [0.3, 0.4) is 0 Å². The molecule has 0 fully saturated rings. The predicted octanol–water partition coefficient (Wildman–Crippen LogP) is 2.15. The fourth-order valence-corrected chi connectivity index (χ4v) is 0.904. The summed E-state index contributed by atoms with van der Waals surface area (Å²) in [5.74, 6) is 0.0137. The number of amides is 1. The molecular weight excluding hydrogens is 162 g/mol. The van der Waals surface area contributed by atoms with Gasteiger partial charge >= 0.3 is 0 Å². The lowest BCUT2D eigenvalue weighted by molar-refractivity contribution is -0.125. The molecule has 0 aromatic rings. The quantitative estimate of drug-likeness (QED) is 0.468. The number of hydrogen-bond acceptors (Lipinski definition) is 1. The summed E-state index contributed by atoms with van der Waals surface area (Å²) >= 11 is 0. The summed E-state index contributed by atoms with van der Waals surface area (Å²) in [6.45, 7) is 12.1. The van der Waals surface area contributed by atoms with Crippen molar-refractivity contribution in [3.05, 3.63) is 37.0 Å². The first kappa shape index (κ1) is 11.7. The second-order valence-electron chi connectivity index (χ2n) is 3.04. The molecule has 0 saturated heterocycles. The predicted molar refractivity (Wildman–Crippen MR) is 56.4 cm³/mol. The van der Waals surface area contributed by atoms with E-state index in [1.165, 1.54) is 0 Å². The molecule has 0 spiro atoms. The summed E-state index contributed by atoms with van der Waals surface area (Å²) in [6, 6.07) is 0. The number of hydrogen-bond donors (Lipinski definition) is 0. The van der Waals surface area contributed by atoms with Crippen LogP contribution in [0.2, 0.25) is 0 Å². The van der Waals surface area contributed by atoms with Crippen LogP contribution < -0.4 is 0 Å². The summed E-state index contributed by atoms with van der Waals surface area (Å²) in [7, 11) is 0. The van der Waals surface area contributed by atoms with Gasteiger partial charge in [0.05, 0.1) is 0 Å². The lowest BCUT2D eigenvalue weighted by Gasteiger charge is -2.17. The van der Waals surface area contributed by atoms with Gasteiger partial charge in [-0.2, -0.15) is 0 Å². The van der Waals surface area contributed by atoms with E-state index in [0.29, 0.717) is 13.1 Å². The molecule has 0 rings (SSSR count).